The Kier molecular flexibility index (Phi) is 1.72. The van der Waals surface area contributed by atoms with Crippen LogP contribution in [-0.4, -0.2) is 6.17 Å². The molecular formula is C11H11F. The van der Waals surface area contributed by atoms with Gasteiger partial charge in [0, 0.05) is 6.42 Å². The molecule has 0 N–H and O–H groups in total. The molecule has 1 heteroatoms. The molecule has 0 bridgehead atoms. The van der Waals surface area contributed by atoms with Crippen LogP contribution in [0.4, 0.5) is 4.39 Å². The van der Waals surface area contributed by atoms with E-state index in [4.69, 9.17) is 0 Å². The first-order valence-electron chi connectivity index (χ1n) is 4.18. The van der Waals surface area contributed by atoms with E-state index in [0.29, 0.717) is 6.42 Å². The van der Waals surface area contributed by atoms with Gasteiger partial charge in [-0.25, -0.2) is 4.39 Å². The summed E-state index contributed by atoms with van der Waals surface area (Å²) in [4.78, 5) is 0. The number of alkyl halides is 1. The lowest BCUT2D eigenvalue weighted by molar-refractivity contribution is 0.428. The molecule has 1 unspecified atom stereocenters. The molecule has 0 heterocycles. The van der Waals surface area contributed by atoms with Crippen molar-refractivity contribution in [3.63, 3.8) is 0 Å². The highest BCUT2D eigenvalue weighted by Crippen LogP contribution is 2.02. The minimum absolute atomic E-state index is 0.524. The van der Waals surface area contributed by atoms with Gasteiger partial charge in [0.15, 0.2) is 0 Å². The second kappa shape index (κ2) is 2.74. The van der Waals surface area contributed by atoms with Crippen LogP contribution >= 0.6 is 0 Å². The third-order valence-electron chi connectivity index (χ3n) is 2.17. The summed E-state index contributed by atoms with van der Waals surface area (Å²) in [6, 6.07) is 6.09. The largest absolute Gasteiger partial charge is 0.243 e. The molecule has 0 spiro atoms. The van der Waals surface area contributed by atoms with Gasteiger partial charge in [-0.15, -0.1) is 0 Å². The van der Waals surface area contributed by atoms with E-state index in [1.165, 1.54) is 10.8 Å². The molecule has 12 heavy (non-hydrogen) atoms. The Balaban J connectivity index is 2.71. The average molecular weight is 162 g/mol. The van der Waals surface area contributed by atoms with E-state index >= 15 is 0 Å². The highest BCUT2D eigenvalue weighted by atomic mass is 19.1. The standard InChI is InChI=1S/C11H11F/c1-8-2-3-10-7-11(12)5-4-9(10)6-8/h2-4,6-7,11H,5H2,1H3. The highest BCUT2D eigenvalue weighted by molar-refractivity contribution is 5.42. The first-order chi connectivity index (χ1) is 5.75. The SMILES string of the molecule is Cc1ccc2c(c1)=CCC(F)C=2. The molecule has 62 valence electrons. The minimum Gasteiger partial charge on any atom is -0.243 e. The molecule has 0 aliphatic heterocycles. The van der Waals surface area contributed by atoms with E-state index in [9.17, 15) is 4.39 Å². The van der Waals surface area contributed by atoms with E-state index < -0.39 is 6.17 Å². The summed E-state index contributed by atoms with van der Waals surface area (Å²) in [5, 5.41) is 2.20. The highest BCUT2D eigenvalue weighted by Gasteiger charge is 2.03. The first-order valence-corrected chi connectivity index (χ1v) is 4.18. The second-order valence-electron chi connectivity index (χ2n) is 3.25. The zero-order valence-electron chi connectivity index (χ0n) is 7.05. The maximum Gasteiger partial charge on any atom is 0.123 e. The normalized spacial score (nSPS) is 20.7. The van der Waals surface area contributed by atoms with Gasteiger partial charge in [0.05, 0.1) is 0 Å². The van der Waals surface area contributed by atoms with Crippen molar-refractivity contribution >= 4 is 12.2 Å². The van der Waals surface area contributed by atoms with Crippen LogP contribution in [-0.2, 0) is 0 Å². The lowest BCUT2D eigenvalue weighted by atomic mass is 10.1. The topological polar surface area (TPSA) is 0 Å². The second-order valence-corrected chi connectivity index (χ2v) is 3.25. The Morgan fingerprint density at radius 3 is 3.00 bits per heavy atom. The van der Waals surface area contributed by atoms with Crippen molar-refractivity contribution in [2.75, 3.05) is 0 Å². The van der Waals surface area contributed by atoms with Crippen molar-refractivity contribution in [2.45, 2.75) is 19.5 Å². The molecule has 0 saturated carbocycles. The molecule has 1 aromatic rings. The van der Waals surface area contributed by atoms with Crippen LogP contribution < -0.4 is 10.4 Å². The number of hydrogen-bond acceptors (Lipinski definition) is 0. The first kappa shape index (κ1) is 7.53. The molecule has 0 fully saturated rings. The Morgan fingerprint density at radius 2 is 2.17 bits per heavy atom. The van der Waals surface area contributed by atoms with Crippen LogP contribution in [0, 0.1) is 6.92 Å². The number of benzene rings is 1. The zero-order chi connectivity index (χ0) is 8.55. The van der Waals surface area contributed by atoms with E-state index in [0.717, 1.165) is 5.22 Å². The third-order valence-corrected chi connectivity index (χ3v) is 2.17. The Bertz CT molecular complexity index is 404. The van der Waals surface area contributed by atoms with Crippen LogP contribution in [0.25, 0.3) is 12.2 Å². The van der Waals surface area contributed by atoms with Gasteiger partial charge in [-0.3, -0.25) is 0 Å². The van der Waals surface area contributed by atoms with Crippen LogP contribution in [0.1, 0.15) is 12.0 Å². The molecule has 1 aliphatic rings. The summed E-state index contributed by atoms with van der Waals surface area (Å²) in [6.07, 6.45) is 3.39. The predicted molar refractivity (Wildman–Crippen MR) is 48.9 cm³/mol. The van der Waals surface area contributed by atoms with Crippen molar-refractivity contribution in [3.05, 3.63) is 34.2 Å². The summed E-state index contributed by atoms with van der Waals surface area (Å²) >= 11 is 0. The van der Waals surface area contributed by atoms with Crippen LogP contribution in [0.5, 0.6) is 0 Å². The molecule has 0 amide bonds. The summed E-state index contributed by atoms with van der Waals surface area (Å²) < 4.78 is 12.9. The van der Waals surface area contributed by atoms with Gasteiger partial charge in [0.25, 0.3) is 0 Å². The lowest BCUT2D eigenvalue weighted by Crippen LogP contribution is -2.29. The molecular weight excluding hydrogens is 151 g/mol. The summed E-state index contributed by atoms with van der Waals surface area (Å²) in [5.41, 5.74) is 1.23. The van der Waals surface area contributed by atoms with Crippen LogP contribution in [0.2, 0.25) is 0 Å². The van der Waals surface area contributed by atoms with E-state index in [-0.39, 0.29) is 0 Å². The Labute approximate surface area is 71.0 Å². The Hall–Kier alpha value is -1.11. The summed E-state index contributed by atoms with van der Waals surface area (Å²) in [5.74, 6) is 0. The fraction of sp³-hybridized carbons (Fsp3) is 0.273. The number of fused-ring (bicyclic) bond motifs is 1. The molecule has 2 rings (SSSR count). The maximum atomic E-state index is 12.9. The predicted octanol–water partition coefficient (Wildman–Crippen LogP) is 1.30. The number of rotatable bonds is 0. The van der Waals surface area contributed by atoms with Crippen LogP contribution in [0.3, 0.4) is 0 Å². The number of aryl methyl sites for hydroxylation is 1. The van der Waals surface area contributed by atoms with Gasteiger partial charge in [0.2, 0.25) is 0 Å². The smallest absolute Gasteiger partial charge is 0.123 e. The fourth-order valence-electron chi connectivity index (χ4n) is 1.53. The van der Waals surface area contributed by atoms with Crippen LogP contribution in [0.15, 0.2) is 18.2 Å². The molecule has 1 aliphatic carbocycles. The van der Waals surface area contributed by atoms with E-state index in [1.54, 1.807) is 6.08 Å². The molecule has 0 nitrogen and oxygen atoms in total. The van der Waals surface area contributed by atoms with Crippen molar-refractivity contribution in [3.8, 4) is 0 Å². The molecule has 0 saturated heterocycles. The summed E-state index contributed by atoms with van der Waals surface area (Å²) in [7, 11) is 0. The average Bonchev–Trinajstić information content (AvgIpc) is 2.05. The third kappa shape index (κ3) is 1.27. The molecule has 0 radical (unpaired) electrons. The van der Waals surface area contributed by atoms with Gasteiger partial charge in [-0.1, -0.05) is 29.8 Å². The summed E-state index contributed by atoms with van der Waals surface area (Å²) in [6.45, 7) is 2.05. The zero-order valence-corrected chi connectivity index (χ0v) is 7.05. The van der Waals surface area contributed by atoms with Gasteiger partial charge >= 0.3 is 0 Å². The van der Waals surface area contributed by atoms with E-state index in [1.807, 2.05) is 18.2 Å². The number of halogens is 1. The van der Waals surface area contributed by atoms with Crippen molar-refractivity contribution in [2.24, 2.45) is 0 Å². The van der Waals surface area contributed by atoms with Crippen molar-refractivity contribution in [1.29, 1.82) is 0 Å². The van der Waals surface area contributed by atoms with E-state index in [2.05, 4.69) is 13.0 Å². The minimum atomic E-state index is -0.791. The van der Waals surface area contributed by atoms with Gasteiger partial charge in [-0.2, -0.15) is 0 Å². The molecule has 1 atom stereocenters. The van der Waals surface area contributed by atoms with Gasteiger partial charge < -0.3 is 0 Å². The number of hydrogen-bond donors (Lipinski definition) is 0. The monoisotopic (exact) mass is 162 g/mol. The fourth-order valence-corrected chi connectivity index (χ4v) is 1.53. The van der Waals surface area contributed by atoms with Gasteiger partial charge in [0.1, 0.15) is 6.17 Å². The molecule has 0 aromatic heterocycles. The quantitative estimate of drug-likeness (QED) is 0.539. The Morgan fingerprint density at radius 1 is 1.33 bits per heavy atom. The maximum absolute atomic E-state index is 12.9. The van der Waals surface area contributed by atoms with Crippen molar-refractivity contribution < 1.29 is 4.39 Å². The molecule has 1 aromatic carbocycles. The van der Waals surface area contributed by atoms with Gasteiger partial charge in [-0.05, 0) is 23.4 Å². The lowest BCUT2D eigenvalue weighted by Gasteiger charge is -2.04. The van der Waals surface area contributed by atoms with Crippen molar-refractivity contribution in [1.82, 2.24) is 0 Å².